The molecule has 0 fully saturated rings. The van der Waals surface area contributed by atoms with Crippen LogP contribution >= 0.6 is 0 Å². The van der Waals surface area contributed by atoms with Crippen LogP contribution in [0.3, 0.4) is 0 Å². The molecule has 0 bridgehead atoms. The number of ketones is 2. The van der Waals surface area contributed by atoms with Crippen molar-refractivity contribution >= 4 is 11.6 Å². The van der Waals surface area contributed by atoms with E-state index in [2.05, 4.69) is 13.8 Å². The second kappa shape index (κ2) is 4.30. The molecule has 0 radical (unpaired) electrons. The summed E-state index contributed by atoms with van der Waals surface area (Å²) < 4.78 is 0. The normalized spacial score (nSPS) is 20.7. The molecule has 0 aromatic carbocycles. The van der Waals surface area contributed by atoms with Crippen molar-refractivity contribution in [1.82, 2.24) is 0 Å². The van der Waals surface area contributed by atoms with E-state index in [0.29, 0.717) is 19.3 Å². The molecule has 84 valence electrons. The fourth-order valence-corrected chi connectivity index (χ4v) is 2.13. The number of rotatable bonds is 3. The van der Waals surface area contributed by atoms with Gasteiger partial charge in [0.25, 0.3) is 0 Å². The van der Waals surface area contributed by atoms with Crippen LogP contribution in [0.15, 0.2) is 11.1 Å². The minimum Gasteiger partial charge on any atom is -0.299 e. The Bertz CT molecular complexity index is 321. The van der Waals surface area contributed by atoms with Crippen LogP contribution in [-0.2, 0) is 9.59 Å². The highest BCUT2D eigenvalue weighted by Crippen LogP contribution is 2.40. The number of carbonyl (C=O) groups excluding carboxylic acids is 2. The van der Waals surface area contributed by atoms with E-state index in [9.17, 15) is 9.59 Å². The van der Waals surface area contributed by atoms with Gasteiger partial charge in [-0.2, -0.15) is 0 Å². The molecule has 0 spiro atoms. The van der Waals surface area contributed by atoms with Gasteiger partial charge in [0.2, 0.25) is 0 Å². The van der Waals surface area contributed by atoms with Gasteiger partial charge in [0, 0.05) is 19.3 Å². The average molecular weight is 208 g/mol. The van der Waals surface area contributed by atoms with Gasteiger partial charge in [-0.15, -0.1) is 0 Å². The molecule has 0 saturated carbocycles. The summed E-state index contributed by atoms with van der Waals surface area (Å²) in [5.41, 5.74) is 1.90. The summed E-state index contributed by atoms with van der Waals surface area (Å²) in [6.07, 6.45) is 2.51. The predicted molar refractivity (Wildman–Crippen MR) is 60.6 cm³/mol. The van der Waals surface area contributed by atoms with E-state index in [1.807, 2.05) is 13.8 Å². The maximum Gasteiger partial charge on any atom is 0.158 e. The van der Waals surface area contributed by atoms with Crippen LogP contribution in [0.2, 0.25) is 0 Å². The Hall–Kier alpha value is -0.920. The van der Waals surface area contributed by atoms with Crippen molar-refractivity contribution < 1.29 is 9.59 Å². The summed E-state index contributed by atoms with van der Waals surface area (Å²) in [6, 6.07) is 0. The number of Topliss-reactive ketones (excluding diaryl/α,β-unsaturated/α-hetero) is 2. The topological polar surface area (TPSA) is 34.1 Å². The molecule has 0 aromatic heterocycles. The van der Waals surface area contributed by atoms with Crippen molar-refractivity contribution in [2.45, 2.75) is 53.4 Å². The molecule has 0 amide bonds. The third-order valence-corrected chi connectivity index (χ3v) is 3.43. The third kappa shape index (κ3) is 2.55. The fraction of sp³-hybridized carbons (Fsp3) is 0.692. The molecule has 0 aliphatic heterocycles. The van der Waals surface area contributed by atoms with Crippen LogP contribution in [0.25, 0.3) is 0 Å². The zero-order valence-electron chi connectivity index (χ0n) is 10.1. The molecule has 0 heterocycles. The van der Waals surface area contributed by atoms with Crippen LogP contribution in [0.5, 0.6) is 0 Å². The summed E-state index contributed by atoms with van der Waals surface area (Å²) in [6.45, 7) is 7.99. The molecule has 0 saturated heterocycles. The van der Waals surface area contributed by atoms with Gasteiger partial charge in [-0.3, -0.25) is 9.59 Å². The maximum atomic E-state index is 11.6. The maximum absolute atomic E-state index is 11.6. The molecule has 0 aromatic rings. The molecule has 2 heteroatoms. The Morgan fingerprint density at radius 1 is 1.40 bits per heavy atom. The number of carbonyl (C=O) groups is 2. The molecular weight excluding hydrogens is 188 g/mol. The first-order valence-corrected chi connectivity index (χ1v) is 5.63. The SMILES string of the molecule is CCC(=O)CC1=C(C)C(=O)CCC1(C)C. The second-order valence-electron chi connectivity index (χ2n) is 4.98. The number of hydrogen-bond acceptors (Lipinski definition) is 2. The Balaban J connectivity index is 3.01. The second-order valence-corrected chi connectivity index (χ2v) is 4.98. The van der Waals surface area contributed by atoms with Crippen molar-refractivity contribution in [3.63, 3.8) is 0 Å². The first-order valence-electron chi connectivity index (χ1n) is 5.63. The standard InChI is InChI=1S/C13H20O2/c1-5-10(14)8-11-9(2)12(15)6-7-13(11,3)4/h5-8H2,1-4H3. The lowest BCUT2D eigenvalue weighted by atomic mass is 9.70. The van der Waals surface area contributed by atoms with Gasteiger partial charge >= 0.3 is 0 Å². The predicted octanol–water partition coefficient (Wildman–Crippen LogP) is 3.06. The minimum absolute atomic E-state index is 0.0167. The number of hydrogen-bond donors (Lipinski definition) is 0. The monoisotopic (exact) mass is 208 g/mol. The van der Waals surface area contributed by atoms with E-state index in [1.54, 1.807) is 0 Å². The summed E-state index contributed by atoms with van der Waals surface area (Å²) in [7, 11) is 0. The zero-order chi connectivity index (χ0) is 11.6. The minimum atomic E-state index is 0.0167. The van der Waals surface area contributed by atoms with Gasteiger partial charge in [0.05, 0.1) is 0 Å². The van der Waals surface area contributed by atoms with Crippen molar-refractivity contribution in [1.29, 1.82) is 0 Å². The van der Waals surface area contributed by atoms with Crippen LogP contribution in [-0.4, -0.2) is 11.6 Å². The zero-order valence-corrected chi connectivity index (χ0v) is 10.1. The van der Waals surface area contributed by atoms with E-state index in [4.69, 9.17) is 0 Å². The first kappa shape index (κ1) is 12.2. The average Bonchev–Trinajstić information content (AvgIpc) is 2.19. The number of allylic oxidation sites excluding steroid dienone is 2. The van der Waals surface area contributed by atoms with Gasteiger partial charge in [-0.1, -0.05) is 26.3 Å². The van der Waals surface area contributed by atoms with Gasteiger partial charge in [-0.05, 0) is 24.3 Å². The lowest BCUT2D eigenvalue weighted by Gasteiger charge is -2.33. The van der Waals surface area contributed by atoms with E-state index >= 15 is 0 Å². The van der Waals surface area contributed by atoms with Crippen LogP contribution in [0.1, 0.15) is 53.4 Å². The van der Waals surface area contributed by atoms with Crippen molar-refractivity contribution in [2.75, 3.05) is 0 Å². The van der Waals surface area contributed by atoms with Crippen LogP contribution in [0.4, 0.5) is 0 Å². The van der Waals surface area contributed by atoms with Gasteiger partial charge in [0.15, 0.2) is 5.78 Å². The van der Waals surface area contributed by atoms with Crippen molar-refractivity contribution in [3.05, 3.63) is 11.1 Å². The highest BCUT2D eigenvalue weighted by Gasteiger charge is 2.32. The smallest absolute Gasteiger partial charge is 0.158 e. The molecule has 1 aliphatic carbocycles. The van der Waals surface area contributed by atoms with Crippen molar-refractivity contribution in [3.8, 4) is 0 Å². The molecule has 0 unspecified atom stereocenters. The molecular formula is C13H20O2. The van der Waals surface area contributed by atoms with E-state index in [1.165, 1.54) is 0 Å². The van der Waals surface area contributed by atoms with Gasteiger partial charge in [-0.25, -0.2) is 0 Å². The Kier molecular flexibility index (Phi) is 3.48. The Labute approximate surface area is 91.7 Å². The Morgan fingerprint density at radius 3 is 2.53 bits per heavy atom. The van der Waals surface area contributed by atoms with Crippen LogP contribution < -0.4 is 0 Å². The summed E-state index contributed by atoms with van der Waals surface area (Å²) in [5, 5.41) is 0. The van der Waals surface area contributed by atoms with E-state index in [0.717, 1.165) is 17.6 Å². The first-order chi connectivity index (χ1) is 6.88. The fourth-order valence-electron chi connectivity index (χ4n) is 2.13. The summed E-state index contributed by atoms with van der Waals surface area (Å²) in [5.74, 6) is 0.445. The van der Waals surface area contributed by atoms with Gasteiger partial charge < -0.3 is 0 Å². The molecule has 2 nitrogen and oxygen atoms in total. The lowest BCUT2D eigenvalue weighted by Crippen LogP contribution is -2.26. The molecule has 0 N–H and O–H groups in total. The molecule has 15 heavy (non-hydrogen) atoms. The lowest BCUT2D eigenvalue weighted by molar-refractivity contribution is -0.118. The van der Waals surface area contributed by atoms with E-state index < -0.39 is 0 Å². The third-order valence-electron chi connectivity index (χ3n) is 3.43. The quantitative estimate of drug-likeness (QED) is 0.714. The molecule has 1 aliphatic rings. The molecule has 1 rings (SSSR count). The van der Waals surface area contributed by atoms with E-state index in [-0.39, 0.29) is 17.0 Å². The summed E-state index contributed by atoms with van der Waals surface area (Å²) >= 11 is 0. The highest BCUT2D eigenvalue weighted by atomic mass is 16.1. The van der Waals surface area contributed by atoms with Crippen LogP contribution in [0, 0.1) is 5.41 Å². The highest BCUT2D eigenvalue weighted by molar-refractivity contribution is 5.98. The summed E-state index contributed by atoms with van der Waals surface area (Å²) in [4.78, 5) is 23.1. The van der Waals surface area contributed by atoms with Gasteiger partial charge in [0.1, 0.15) is 5.78 Å². The van der Waals surface area contributed by atoms with Crippen molar-refractivity contribution in [2.24, 2.45) is 5.41 Å². The largest absolute Gasteiger partial charge is 0.299 e. The Morgan fingerprint density at radius 2 is 2.00 bits per heavy atom. The molecule has 0 atom stereocenters.